The van der Waals surface area contributed by atoms with E-state index in [2.05, 4.69) is 4.90 Å². The van der Waals surface area contributed by atoms with Crippen LogP contribution in [-0.4, -0.2) is 37.0 Å². The van der Waals surface area contributed by atoms with Gasteiger partial charge in [-0.15, -0.1) is 0 Å². The van der Waals surface area contributed by atoms with Crippen molar-refractivity contribution in [1.29, 1.82) is 5.41 Å². The third-order valence-electron chi connectivity index (χ3n) is 3.11. The molecule has 18 heavy (non-hydrogen) atoms. The van der Waals surface area contributed by atoms with Gasteiger partial charge in [-0.05, 0) is 38.1 Å². The number of hydrogen-bond donors (Lipinski definition) is 2. The Kier molecular flexibility index (Phi) is 4.44. The van der Waals surface area contributed by atoms with E-state index in [-0.39, 0.29) is 5.84 Å². The summed E-state index contributed by atoms with van der Waals surface area (Å²) in [6.45, 7) is 3.81. The maximum absolute atomic E-state index is 7.52. The van der Waals surface area contributed by atoms with Crippen molar-refractivity contribution in [2.24, 2.45) is 5.73 Å². The van der Waals surface area contributed by atoms with Crippen molar-refractivity contribution in [1.82, 2.24) is 4.90 Å². The smallest absolute Gasteiger partial charge is 0.131 e. The van der Waals surface area contributed by atoms with Crippen molar-refractivity contribution in [2.45, 2.75) is 12.8 Å². The van der Waals surface area contributed by atoms with Crippen LogP contribution in [0.1, 0.15) is 18.4 Å². The largest absolute Gasteiger partial charge is 0.491 e. The molecule has 1 heterocycles. The molecule has 0 saturated carbocycles. The van der Waals surface area contributed by atoms with Crippen LogP contribution < -0.4 is 10.5 Å². The lowest BCUT2D eigenvalue weighted by atomic mass is 10.2. The minimum absolute atomic E-state index is 0.0585. The van der Waals surface area contributed by atoms with Gasteiger partial charge in [0.2, 0.25) is 0 Å². The monoisotopic (exact) mass is 267 g/mol. The summed E-state index contributed by atoms with van der Waals surface area (Å²) in [5.74, 6) is 0.533. The third kappa shape index (κ3) is 3.15. The molecule has 5 heteroatoms. The van der Waals surface area contributed by atoms with Crippen LogP contribution >= 0.6 is 11.6 Å². The summed E-state index contributed by atoms with van der Waals surface area (Å²) < 4.78 is 5.69. The minimum Gasteiger partial charge on any atom is -0.491 e. The summed E-state index contributed by atoms with van der Waals surface area (Å²) in [7, 11) is 0. The fourth-order valence-corrected chi connectivity index (χ4v) is 2.44. The van der Waals surface area contributed by atoms with E-state index in [1.54, 1.807) is 18.2 Å². The number of nitrogen functional groups attached to an aromatic ring is 1. The molecule has 0 spiro atoms. The predicted molar refractivity (Wildman–Crippen MR) is 73.6 cm³/mol. The van der Waals surface area contributed by atoms with E-state index in [0.29, 0.717) is 22.9 Å². The van der Waals surface area contributed by atoms with E-state index in [9.17, 15) is 0 Å². The molecule has 1 aliphatic heterocycles. The number of rotatable bonds is 5. The second-order valence-electron chi connectivity index (χ2n) is 4.42. The average molecular weight is 268 g/mol. The lowest BCUT2D eigenvalue weighted by molar-refractivity contribution is 0.237. The zero-order valence-corrected chi connectivity index (χ0v) is 11.0. The van der Waals surface area contributed by atoms with E-state index in [0.717, 1.165) is 19.6 Å². The van der Waals surface area contributed by atoms with Crippen molar-refractivity contribution >= 4 is 17.4 Å². The second-order valence-corrected chi connectivity index (χ2v) is 4.83. The van der Waals surface area contributed by atoms with Crippen molar-refractivity contribution in [2.75, 3.05) is 26.2 Å². The highest BCUT2D eigenvalue weighted by Crippen LogP contribution is 2.25. The Morgan fingerprint density at radius 3 is 2.78 bits per heavy atom. The first-order chi connectivity index (χ1) is 8.68. The van der Waals surface area contributed by atoms with Crippen LogP contribution in [-0.2, 0) is 0 Å². The molecule has 0 radical (unpaired) electrons. The Morgan fingerprint density at radius 1 is 1.39 bits per heavy atom. The second kappa shape index (κ2) is 6.07. The number of nitrogens with two attached hydrogens (primary N) is 1. The van der Waals surface area contributed by atoms with Gasteiger partial charge < -0.3 is 10.5 Å². The van der Waals surface area contributed by atoms with Gasteiger partial charge in [0.25, 0.3) is 0 Å². The fraction of sp³-hybridized carbons (Fsp3) is 0.462. The molecule has 0 aromatic heterocycles. The van der Waals surface area contributed by atoms with Crippen LogP contribution in [0.2, 0.25) is 5.02 Å². The van der Waals surface area contributed by atoms with Gasteiger partial charge in [0.15, 0.2) is 0 Å². The normalized spacial score (nSPS) is 15.8. The van der Waals surface area contributed by atoms with Gasteiger partial charge in [0.05, 0.1) is 10.6 Å². The van der Waals surface area contributed by atoms with Gasteiger partial charge in [-0.2, -0.15) is 0 Å². The first kappa shape index (κ1) is 13.2. The Morgan fingerprint density at radius 2 is 2.11 bits per heavy atom. The zero-order valence-electron chi connectivity index (χ0n) is 10.3. The zero-order chi connectivity index (χ0) is 13.0. The van der Waals surface area contributed by atoms with Crippen molar-refractivity contribution in [3.63, 3.8) is 0 Å². The lowest BCUT2D eigenvalue weighted by Gasteiger charge is -2.16. The molecule has 4 nitrogen and oxygen atoms in total. The minimum atomic E-state index is -0.0585. The molecule has 3 N–H and O–H groups in total. The third-order valence-corrected chi connectivity index (χ3v) is 3.42. The molecular weight excluding hydrogens is 250 g/mol. The summed E-state index contributed by atoms with van der Waals surface area (Å²) >= 11 is 6.02. The van der Waals surface area contributed by atoms with Crippen LogP contribution in [0.3, 0.4) is 0 Å². The highest BCUT2D eigenvalue weighted by atomic mass is 35.5. The van der Waals surface area contributed by atoms with Crippen molar-refractivity contribution < 1.29 is 4.74 Å². The van der Waals surface area contributed by atoms with Gasteiger partial charge in [-0.25, -0.2) is 0 Å². The first-order valence-electron chi connectivity index (χ1n) is 6.16. The van der Waals surface area contributed by atoms with E-state index in [1.165, 1.54) is 12.8 Å². The van der Waals surface area contributed by atoms with Gasteiger partial charge >= 0.3 is 0 Å². The number of halogens is 1. The number of nitrogens with zero attached hydrogens (tertiary/aromatic N) is 1. The van der Waals surface area contributed by atoms with Crippen LogP contribution in [0, 0.1) is 5.41 Å². The molecule has 1 aromatic carbocycles. The van der Waals surface area contributed by atoms with Crippen molar-refractivity contribution in [3.05, 3.63) is 28.8 Å². The number of likely N-dealkylation sites (tertiary alicyclic amines) is 1. The SMILES string of the molecule is N=C(N)c1c(Cl)cccc1OCCN1CCCC1. The number of nitrogens with one attached hydrogen (secondary N) is 1. The molecule has 0 amide bonds. The van der Waals surface area contributed by atoms with Gasteiger partial charge in [0.1, 0.15) is 18.2 Å². The summed E-state index contributed by atoms with van der Waals surface area (Å²) in [6, 6.07) is 5.32. The molecule has 0 atom stereocenters. The number of hydrogen-bond acceptors (Lipinski definition) is 3. The van der Waals surface area contributed by atoms with E-state index >= 15 is 0 Å². The summed E-state index contributed by atoms with van der Waals surface area (Å²) in [5, 5.41) is 7.98. The van der Waals surface area contributed by atoms with Crippen LogP contribution in [0.4, 0.5) is 0 Å². The summed E-state index contributed by atoms with van der Waals surface area (Å²) in [5.41, 5.74) is 6.00. The maximum Gasteiger partial charge on any atom is 0.131 e. The molecular formula is C13H18ClN3O. The quantitative estimate of drug-likeness (QED) is 0.634. The standard InChI is InChI=1S/C13H18ClN3O/c14-10-4-3-5-11(12(10)13(15)16)18-9-8-17-6-1-2-7-17/h3-5H,1-2,6-9H2,(H3,15,16). The van der Waals surface area contributed by atoms with Crippen LogP contribution in [0.5, 0.6) is 5.75 Å². The number of ether oxygens (including phenoxy) is 1. The molecule has 1 aliphatic rings. The Labute approximate surface area is 112 Å². The van der Waals surface area contributed by atoms with Crippen LogP contribution in [0.15, 0.2) is 18.2 Å². The first-order valence-corrected chi connectivity index (χ1v) is 6.54. The molecule has 1 aromatic rings. The van der Waals surface area contributed by atoms with Gasteiger partial charge in [-0.1, -0.05) is 17.7 Å². The highest BCUT2D eigenvalue weighted by molar-refractivity contribution is 6.34. The Hall–Kier alpha value is -1.26. The number of amidine groups is 1. The molecule has 0 bridgehead atoms. The van der Waals surface area contributed by atoms with E-state index in [1.807, 2.05) is 0 Å². The van der Waals surface area contributed by atoms with Crippen molar-refractivity contribution in [3.8, 4) is 5.75 Å². The summed E-state index contributed by atoms with van der Waals surface area (Å²) in [6.07, 6.45) is 2.55. The molecule has 2 rings (SSSR count). The Balaban J connectivity index is 1.96. The molecule has 0 aliphatic carbocycles. The van der Waals surface area contributed by atoms with Gasteiger partial charge in [0, 0.05) is 6.54 Å². The number of benzene rings is 1. The van der Waals surface area contributed by atoms with Crippen LogP contribution in [0.25, 0.3) is 0 Å². The molecule has 1 fully saturated rings. The summed E-state index contributed by atoms with van der Waals surface area (Å²) in [4.78, 5) is 2.37. The maximum atomic E-state index is 7.52. The average Bonchev–Trinajstić information content (AvgIpc) is 2.81. The highest BCUT2D eigenvalue weighted by Gasteiger charge is 2.13. The predicted octanol–water partition coefficient (Wildman–Crippen LogP) is 2.10. The molecule has 0 unspecified atom stereocenters. The van der Waals surface area contributed by atoms with E-state index in [4.69, 9.17) is 27.5 Å². The Bertz CT molecular complexity index is 430. The van der Waals surface area contributed by atoms with E-state index < -0.39 is 0 Å². The molecule has 1 saturated heterocycles. The fourth-order valence-electron chi connectivity index (χ4n) is 2.18. The topological polar surface area (TPSA) is 62.3 Å². The van der Waals surface area contributed by atoms with Gasteiger partial charge in [-0.3, -0.25) is 10.3 Å². The lowest BCUT2D eigenvalue weighted by Crippen LogP contribution is -2.25. The molecule has 98 valence electrons.